The number of carbonyl (C=O) groups excluding carboxylic acids is 2. The largest absolute Gasteiger partial charge is 0.489 e. The molecule has 3 aromatic carbocycles. The predicted molar refractivity (Wildman–Crippen MR) is 133 cm³/mol. The molecule has 0 N–H and O–H groups in total. The van der Waals surface area contributed by atoms with E-state index in [-0.39, 0.29) is 13.2 Å². The first-order valence-electron chi connectivity index (χ1n) is 11.1. The molecule has 0 saturated carbocycles. The molecule has 0 amide bonds. The molecule has 2 atom stereocenters. The lowest BCUT2D eigenvalue weighted by Crippen LogP contribution is -2.21. The van der Waals surface area contributed by atoms with Crippen molar-refractivity contribution >= 4 is 22.7 Å². The van der Waals surface area contributed by atoms with Crippen molar-refractivity contribution in [2.45, 2.75) is 26.1 Å². The second-order valence-electron chi connectivity index (χ2n) is 7.69. The van der Waals surface area contributed by atoms with Gasteiger partial charge in [0.05, 0.1) is 0 Å². The summed E-state index contributed by atoms with van der Waals surface area (Å²) in [7, 11) is 0. The summed E-state index contributed by atoms with van der Waals surface area (Å²) in [6.45, 7) is 10.5. The topological polar surface area (TPSA) is 80.3 Å². The summed E-state index contributed by atoms with van der Waals surface area (Å²) >= 11 is 0. The summed E-state index contributed by atoms with van der Waals surface area (Å²) in [5.41, 5.74) is 0. The van der Waals surface area contributed by atoms with Crippen LogP contribution in [0.5, 0.6) is 23.0 Å². The van der Waals surface area contributed by atoms with Gasteiger partial charge in [0.15, 0.2) is 11.5 Å². The Morgan fingerprint density at radius 2 is 1.31 bits per heavy atom. The van der Waals surface area contributed by atoms with Crippen LogP contribution in [0.1, 0.15) is 13.8 Å². The molecule has 0 fully saturated rings. The second-order valence-corrected chi connectivity index (χ2v) is 7.69. The molecule has 0 aromatic heterocycles. The summed E-state index contributed by atoms with van der Waals surface area (Å²) in [6, 6.07) is 18.5. The number of fused-ring (bicyclic) bond motifs is 1. The second kappa shape index (κ2) is 12.3. The SMILES string of the molecule is C=CC(=O)OC(C)COc1cc(Oc2ccccc2)c(OCC(C)OC(=O)C=C)c2ccccc12. The van der Waals surface area contributed by atoms with Gasteiger partial charge in [-0.2, -0.15) is 0 Å². The van der Waals surface area contributed by atoms with Gasteiger partial charge in [-0.1, -0.05) is 55.6 Å². The number of para-hydroxylation sites is 1. The van der Waals surface area contributed by atoms with Crippen molar-refractivity contribution in [1.82, 2.24) is 0 Å². The third kappa shape index (κ3) is 7.11. The fourth-order valence-electron chi connectivity index (χ4n) is 3.22. The highest BCUT2D eigenvalue weighted by Crippen LogP contribution is 2.43. The van der Waals surface area contributed by atoms with Crippen molar-refractivity contribution in [3.05, 3.63) is 86.0 Å². The number of benzene rings is 3. The number of rotatable bonds is 12. The number of carbonyl (C=O) groups is 2. The van der Waals surface area contributed by atoms with Crippen LogP contribution in [0, 0.1) is 0 Å². The monoisotopic (exact) mass is 476 g/mol. The summed E-state index contributed by atoms with van der Waals surface area (Å²) in [4.78, 5) is 23.0. The van der Waals surface area contributed by atoms with Crippen LogP contribution in [0.3, 0.4) is 0 Å². The Hall–Kier alpha value is -4.26. The van der Waals surface area contributed by atoms with Gasteiger partial charge in [0.1, 0.15) is 36.9 Å². The molecule has 0 aliphatic heterocycles. The lowest BCUT2D eigenvalue weighted by atomic mass is 10.1. The Labute approximate surface area is 204 Å². The zero-order valence-electron chi connectivity index (χ0n) is 19.8. The van der Waals surface area contributed by atoms with E-state index in [1.54, 1.807) is 19.9 Å². The van der Waals surface area contributed by atoms with E-state index >= 15 is 0 Å². The highest BCUT2D eigenvalue weighted by atomic mass is 16.6. The van der Waals surface area contributed by atoms with E-state index < -0.39 is 24.1 Å². The fourth-order valence-corrected chi connectivity index (χ4v) is 3.22. The van der Waals surface area contributed by atoms with Crippen LogP contribution in [-0.2, 0) is 19.1 Å². The summed E-state index contributed by atoms with van der Waals surface area (Å²) in [5.74, 6) is 0.993. The molecule has 2 unspecified atom stereocenters. The lowest BCUT2D eigenvalue weighted by molar-refractivity contribution is -0.144. The van der Waals surface area contributed by atoms with Gasteiger partial charge in [0.2, 0.25) is 0 Å². The Bertz CT molecular complexity index is 1190. The van der Waals surface area contributed by atoms with Gasteiger partial charge >= 0.3 is 11.9 Å². The number of hydrogen-bond acceptors (Lipinski definition) is 7. The summed E-state index contributed by atoms with van der Waals surface area (Å²) < 4.78 is 28.7. The van der Waals surface area contributed by atoms with Gasteiger partial charge in [-0.3, -0.25) is 0 Å². The van der Waals surface area contributed by atoms with Crippen LogP contribution in [-0.4, -0.2) is 37.4 Å². The normalized spacial score (nSPS) is 12.2. The first-order valence-corrected chi connectivity index (χ1v) is 11.1. The summed E-state index contributed by atoms with van der Waals surface area (Å²) in [5, 5.41) is 1.52. The molecule has 0 heterocycles. The van der Waals surface area contributed by atoms with Gasteiger partial charge in [-0.25, -0.2) is 9.59 Å². The molecular formula is C28H28O7. The molecule has 0 saturated heterocycles. The number of ether oxygens (including phenoxy) is 5. The Morgan fingerprint density at radius 3 is 1.91 bits per heavy atom. The van der Waals surface area contributed by atoms with Gasteiger partial charge in [0, 0.05) is 29.0 Å². The van der Waals surface area contributed by atoms with E-state index in [4.69, 9.17) is 23.7 Å². The standard InChI is InChI=1S/C28H28O7/c1-5-26(29)33-19(3)17-31-24-16-25(35-21-12-8-7-9-13-21)28(23-15-11-10-14-22(23)24)32-18-20(4)34-27(30)6-2/h5-16,19-20H,1-2,17-18H2,3-4H3. The molecule has 0 bridgehead atoms. The van der Waals surface area contributed by atoms with Crippen LogP contribution in [0.4, 0.5) is 0 Å². The molecule has 7 heteroatoms. The first kappa shape index (κ1) is 25.4. The van der Waals surface area contributed by atoms with E-state index in [0.717, 1.165) is 22.9 Å². The predicted octanol–water partition coefficient (Wildman–Crippen LogP) is 5.63. The molecule has 182 valence electrons. The molecule has 7 nitrogen and oxygen atoms in total. The van der Waals surface area contributed by atoms with Crippen molar-refractivity contribution in [1.29, 1.82) is 0 Å². The zero-order valence-corrected chi connectivity index (χ0v) is 19.8. The number of esters is 2. The fraction of sp³-hybridized carbons (Fsp3) is 0.214. The van der Waals surface area contributed by atoms with Crippen LogP contribution in [0.25, 0.3) is 10.8 Å². The molecule has 0 radical (unpaired) electrons. The molecule has 3 aromatic rings. The third-order valence-corrected chi connectivity index (χ3v) is 4.80. The molecule has 35 heavy (non-hydrogen) atoms. The van der Waals surface area contributed by atoms with Crippen molar-refractivity contribution in [2.24, 2.45) is 0 Å². The molecule has 0 aliphatic carbocycles. The lowest BCUT2D eigenvalue weighted by Gasteiger charge is -2.20. The van der Waals surface area contributed by atoms with E-state index in [1.807, 2.05) is 54.6 Å². The minimum atomic E-state index is -0.526. The highest BCUT2D eigenvalue weighted by Gasteiger charge is 2.19. The highest BCUT2D eigenvalue weighted by molar-refractivity contribution is 5.95. The van der Waals surface area contributed by atoms with Gasteiger partial charge in [-0.15, -0.1) is 0 Å². The van der Waals surface area contributed by atoms with Crippen LogP contribution in [0.15, 0.2) is 86.0 Å². The quantitative estimate of drug-likeness (QED) is 0.248. The van der Waals surface area contributed by atoms with Crippen LogP contribution >= 0.6 is 0 Å². The maximum atomic E-state index is 11.5. The van der Waals surface area contributed by atoms with E-state index in [9.17, 15) is 9.59 Å². The minimum absolute atomic E-state index is 0.101. The van der Waals surface area contributed by atoms with Crippen LogP contribution in [0.2, 0.25) is 0 Å². The average Bonchev–Trinajstić information content (AvgIpc) is 2.87. The molecular weight excluding hydrogens is 448 g/mol. The van der Waals surface area contributed by atoms with Crippen LogP contribution < -0.4 is 14.2 Å². The van der Waals surface area contributed by atoms with E-state index in [0.29, 0.717) is 23.0 Å². The molecule has 3 rings (SSSR count). The van der Waals surface area contributed by atoms with Crippen molar-refractivity contribution in [3.63, 3.8) is 0 Å². The minimum Gasteiger partial charge on any atom is -0.489 e. The maximum Gasteiger partial charge on any atom is 0.330 e. The zero-order chi connectivity index (χ0) is 25.2. The van der Waals surface area contributed by atoms with Gasteiger partial charge in [-0.05, 0) is 26.0 Å². The maximum absolute atomic E-state index is 11.5. The van der Waals surface area contributed by atoms with Gasteiger partial charge in [0.25, 0.3) is 0 Å². The third-order valence-electron chi connectivity index (χ3n) is 4.80. The smallest absolute Gasteiger partial charge is 0.330 e. The molecule has 0 aliphatic rings. The summed E-state index contributed by atoms with van der Waals surface area (Å²) in [6.07, 6.45) is 1.21. The average molecular weight is 477 g/mol. The van der Waals surface area contributed by atoms with E-state index in [1.165, 1.54) is 0 Å². The molecule has 0 spiro atoms. The Kier molecular flexibility index (Phi) is 8.89. The van der Waals surface area contributed by atoms with E-state index in [2.05, 4.69) is 13.2 Å². The first-order chi connectivity index (χ1) is 16.9. The van der Waals surface area contributed by atoms with Crippen molar-refractivity contribution < 1.29 is 33.3 Å². The Morgan fingerprint density at radius 1 is 0.771 bits per heavy atom. The number of hydrogen-bond donors (Lipinski definition) is 0. The Balaban J connectivity index is 1.95. The van der Waals surface area contributed by atoms with Crippen molar-refractivity contribution in [2.75, 3.05) is 13.2 Å². The van der Waals surface area contributed by atoms with Gasteiger partial charge < -0.3 is 23.7 Å². The van der Waals surface area contributed by atoms with Crippen molar-refractivity contribution in [3.8, 4) is 23.0 Å².